The van der Waals surface area contributed by atoms with Gasteiger partial charge >= 0.3 is 6.09 Å². The van der Waals surface area contributed by atoms with Crippen LogP contribution in [0, 0.1) is 6.92 Å². The van der Waals surface area contributed by atoms with Crippen molar-refractivity contribution < 1.29 is 46.1 Å². The standard InChI is InChI=1S/C41H45N9O10S2/c1-26-19-30(20-43-39(26)42)35-17-18-36(61(54,55)45-22-31(51)21-44-41(52)53)38(37(35)40-46-48-50(47-40)25-29-9-15-34(60-4)16-10-29)62(56,57)49(23-27-5-11-32(58-2)12-6-27)24-28-7-13-33(59-3)14-8-28/h5-20,31,44-45,51H,21-25H2,1-4H3,(H2,42,43)(H,52,53). The highest BCUT2D eigenvalue weighted by molar-refractivity contribution is 7.92. The zero-order valence-electron chi connectivity index (χ0n) is 34.1. The number of sulfonamides is 2. The normalized spacial score (nSPS) is 12.2. The molecule has 0 fully saturated rings. The number of aliphatic hydroxyl groups is 1. The summed E-state index contributed by atoms with van der Waals surface area (Å²) in [5.41, 5.74) is 8.80. The number of nitrogens with one attached hydrogen (secondary N) is 2. The van der Waals surface area contributed by atoms with Crippen LogP contribution in [0.15, 0.2) is 107 Å². The molecule has 0 aliphatic rings. The number of methoxy groups -OCH3 is 3. The summed E-state index contributed by atoms with van der Waals surface area (Å²) in [7, 11) is -5.27. The van der Waals surface area contributed by atoms with Gasteiger partial charge in [0, 0.05) is 37.9 Å². The van der Waals surface area contributed by atoms with Gasteiger partial charge in [0.05, 0.1) is 39.5 Å². The molecule has 6 N–H and O–H groups in total. The number of benzene rings is 4. The second kappa shape index (κ2) is 19.4. The SMILES string of the molecule is COc1ccc(CN(Cc2ccc(OC)cc2)S(=O)(=O)c2c(S(=O)(=O)NCC(O)CNC(=O)O)ccc(-c3cnc(N)c(C)c3)c2-c2nnn(Cc3ccc(OC)cc3)n2)cc1. The third-order valence-electron chi connectivity index (χ3n) is 9.63. The second-order valence-electron chi connectivity index (χ2n) is 13.9. The molecule has 19 nitrogen and oxygen atoms in total. The number of anilines is 1. The minimum absolute atomic E-state index is 0.0970. The Balaban J connectivity index is 1.60. The molecule has 0 bridgehead atoms. The Labute approximate surface area is 358 Å². The molecule has 6 rings (SSSR count). The predicted molar refractivity (Wildman–Crippen MR) is 227 cm³/mol. The number of aryl methyl sites for hydroxylation is 1. The van der Waals surface area contributed by atoms with Gasteiger partial charge < -0.3 is 35.5 Å². The van der Waals surface area contributed by atoms with Crippen molar-refractivity contribution in [3.8, 4) is 39.8 Å². The molecule has 1 amide bonds. The smallest absolute Gasteiger partial charge is 0.404 e. The number of pyridine rings is 1. The number of carbonyl (C=O) groups is 1. The van der Waals surface area contributed by atoms with E-state index in [-0.39, 0.29) is 42.4 Å². The Morgan fingerprint density at radius 1 is 0.823 bits per heavy atom. The van der Waals surface area contributed by atoms with E-state index in [0.29, 0.717) is 39.5 Å². The van der Waals surface area contributed by atoms with Gasteiger partial charge in [0.1, 0.15) is 32.9 Å². The van der Waals surface area contributed by atoms with Crippen molar-refractivity contribution in [1.82, 2.24) is 39.5 Å². The number of nitrogen functional groups attached to an aromatic ring is 1. The largest absolute Gasteiger partial charge is 0.497 e. The number of ether oxygens (including phenoxy) is 3. The van der Waals surface area contributed by atoms with Crippen LogP contribution in [0.2, 0.25) is 0 Å². The summed E-state index contributed by atoms with van der Waals surface area (Å²) in [4.78, 5) is 15.2. The topological polar surface area (TPSA) is 263 Å². The maximum Gasteiger partial charge on any atom is 0.404 e. The summed E-state index contributed by atoms with van der Waals surface area (Å²) < 4.78 is 79.8. The number of amides is 1. The molecule has 0 saturated heterocycles. The average molecular weight is 888 g/mol. The summed E-state index contributed by atoms with van der Waals surface area (Å²) in [5.74, 6) is 1.67. The fourth-order valence-electron chi connectivity index (χ4n) is 6.32. The molecule has 326 valence electrons. The molecule has 0 radical (unpaired) electrons. The quantitative estimate of drug-likeness (QED) is 0.0777. The summed E-state index contributed by atoms with van der Waals surface area (Å²) >= 11 is 0. The van der Waals surface area contributed by atoms with Gasteiger partial charge in [-0.2, -0.15) is 9.10 Å². The average Bonchev–Trinajstić information content (AvgIpc) is 3.73. The van der Waals surface area contributed by atoms with Gasteiger partial charge in [-0.1, -0.05) is 42.5 Å². The highest BCUT2D eigenvalue weighted by Crippen LogP contribution is 2.41. The van der Waals surface area contributed by atoms with Gasteiger partial charge in [0.2, 0.25) is 25.9 Å². The number of hydrogen-bond acceptors (Lipinski definition) is 14. The van der Waals surface area contributed by atoms with Gasteiger partial charge in [-0.15, -0.1) is 10.2 Å². The molecule has 1 unspecified atom stereocenters. The van der Waals surface area contributed by atoms with Crippen molar-refractivity contribution in [3.05, 3.63) is 119 Å². The van der Waals surface area contributed by atoms with Crippen LogP contribution in [-0.2, 0) is 39.7 Å². The lowest BCUT2D eigenvalue weighted by Crippen LogP contribution is -2.40. The third-order valence-corrected chi connectivity index (χ3v) is 13.1. The molecule has 21 heteroatoms. The molecule has 62 heavy (non-hydrogen) atoms. The van der Waals surface area contributed by atoms with Crippen LogP contribution in [0.1, 0.15) is 22.3 Å². The number of nitrogens with zero attached hydrogens (tertiary/aromatic N) is 6. The molecule has 2 aromatic heterocycles. The predicted octanol–water partition coefficient (Wildman–Crippen LogP) is 3.66. The Morgan fingerprint density at radius 2 is 1.37 bits per heavy atom. The lowest BCUT2D eigenvalue weighted by atomic mass is 9.99. The molecule has 0 saturated carbocycles. The molecule has 0 aliphatic carbocycles. The Morgan fingerprint density at radius 3 is 1.89 bits per heavy atom. The molecular formula is C41H45N9O10S2. The van der Waals surface area contributed by atoms with E-state index in [1.54, 1.807) is 92.9 Å². The summed E-state index contributed by atoms with van der Waals surface area (Å²) in [5, 5.41) is 34.7. The Kier molecular flexibility index (Phi) is 14.0. The monoisotopic (exact) mass is 887 g/mol. The summed E-state index contributed by atoms with van der Waals surface area (Å²) in [6, 6.07) is 24.7. The van der Waals surface area contributed by atoms with E-state index in [1.165, 1.54) is 31.3 Å². The number of hydrogen-bond donors (Lipinski definition) is 5. The molecular weight excluding hydrogens is 843 g/mol. The Hall–Kier alpha value is -6.65. The van der Waals surface area contributed by atoms with E-state index in [0.717, 1.165) is 15.9 Å². The van der Waals surface area contributed by atoms with Crippen LogP contribution in [0.4, 0.5) is 10.6 Å². The van der Waals surface area contributed by atoms with E-state index >= 15 is 8.42 Å². The highest BCUT2D eigenvalue weighted by Gasteiger charge is 2.38. The molecule has 4 aromatic carbocycles. The summed E-state index contributed by atoms with van der Waals surface area (Å²) in [6.45, 7) is 0.127. The first-order chi connectivity index (χ1) is 29.6. The van der Waals surface area contributed by atoms with Gasteiger partial charge in [-0.3, -0.25) is 0 Å². The highest BCUT2D eigenvalue weighted by atomic mass is 32.2. The van der Waals surface area contributed by atoms with Crippen LogP contribution < -0.4 is 30.0 Å². The second-order valence-corrected chi connectivity index (χ2v) is 17.5. The number of tetrazole rings is 1. The van der Waals surface area contributed by atoms with E-state index in [1.807, 2.05) is 5.32 Å². The van der Waals surface area contributed by atoms with Crippen LogP contribution >= 0.6 is 0 Å². The first kappa shape index (κ1) is 44.9. The maximum atomic E-state index is 15.8. The molecule has 2 heterocycles. The van der Waals surface area contributed by atoms with Gasteiger partial charge in [0.25, 0.3) is 0 Å². The van der Waals surface area contributed by atoms with Gasteiger partial charge in [-0.25, -0.2) is 31.3 Å². The first-order valence-electron chi connectivity index (χ1n) is 18.8. The van der Waals surface area contributed by atoms with Gasteiger partial charge in [0.15, 0.2) is 0 Å². The van der Waals surface area contributed by atoms with Crippen LogP contribution in [0.25, 0.3) is 22.5 Å². The van der Waals surface area contributed by atoms with Crippen molar-refractivity contribution in [2.75, 3.05) is 40.2 Å². The van der Waals surface area contributed by atoms with Crippen LogP contribution in [-0.4, -0.2) is 103 Å². The fourth-order valence-corrected chi connectivity index (χ4v) is 9.80. The van der Waals surface area contributed by atoms with Crippen LogP contribution in [0.5, 0.6) is 17.2 Å². The van der Waals surface area contributed by atoms with Crippen molar-refractivity contribution in [3.63, 3.8) is 0 Å². The number of nitrogens with two attached hydrogens (primary N) is 1. The minimum Gasteiger partial charge on any atom is -0.497 e. The molecule has 0 aliphatic heterocycles. The first-order valence-corrected chi connectivity index (χ1v) is 21.7. The molecule has 1 atom stereocenters. The number of aromatic nitrogens is 5. The number of carboxylic acid groups (broad SMARTS) is 1. The van der Waals surface area contributed by atoms with E-state index in [2.05, 4.69) is 25.1 Å². The maximum absolute atomic E-state index is 15.8. The minimum atomic E-state index is -4.96. The van der Waals surface area contributed by atoms with Crippen LogP contribution in [0.3, 0.4) is 0 Å². The van der Waals surface area contributed by atoms with Crippen molar-refractivity contribution >= 4 is 32.0 Å². The zero-order chi connectivity index (χ0) is 44.6. The Bertz CT molecular complexity index is 2680. The fraction of sp³-hybridized carbons (Fsp3) is 0.244. The molecule has 6 aromatic rings. The third kappa shape index (κ3) is 10.6. The van der Waals surface area contributed by atoms with E-state index in [9.17, 15) is 18.3 Å². The van der Waals surface area contributed by atoms with E-state index < -0.39 is 55.1 Å². The number of rotatable bonds is 19. The van der Waals surface area contributed by atoms with Gasteiger partial charge in [-0.05, 0) is 88.5 Å². The lowest BCUT2D eigenvalue weighted by molar-refractivity contribution is 0.159. The van der Waals surface area contributed by atoms with E-state index in [4.69, 9.17) is 25.1 Å². The number of aliphatic hydroxyl groups excluding tert-OH is 1. The van der Waals surface area contributed by atoms with Crippen molar-refractivity contribution in [2.45, 2.75) is 42.5 Å². The summed E-state index contributed by atoms with van der Waals surface area (Å²) in [6.07, 6.45) is -1.54. The van der Waals surface area contributed by atoms with Crippen molar-refractivity contribution in [1.29, 1.82) is 0 Å². The van der Waals surface area contributed by atoms with Crippen molar-refractivity contribution in [2.24, 2.45) is 0 Å². The zero-order valence-corrected chi connectivity index (χ0v) is 35.7. The molecule has 0 spiro atoms. The lowest BCUT2D eigenvalue weighted by Gasteiger charge is -2.26.